The van der Waals surface area contributed by atoms with Crippen LogP contribution in [-0.4, -0.2) is 69.4 Å². The molecule has 1 N–H and O–H groups in total. The van der Waals surface area contributed by atoms with Gasteiger partial charge in [-0.15, -0.1) is 0 Å². The molecule has 3 atom stereocenters. The smallest absolute Gasteiger partial charge is 0.306 e. The second-order valence-electron chi connectivity index (χ2n) is 19.7. The number of nitrogens with zero attached hydrogens (tertiary/aromatic N) is 1. The first-order valence-corrected chi connectivity index (χ1v) is 29.1. The predicted octanol–water partition coefficient (Wildman–Crippen LogP) is 15.7. The van der Waals surface area contributed by atoms with E-state index < -0.39 is 26.6 Å². The van der Waals surface area contributed by atoms with Crippen LogP contribution in [0.4, 0.5) is 0 Å². The number of rotatable bonds is 49. The molecule has 0 heterocycles. The van der Waals surface area contributed by atoms with Gasteiger partial charge in [-0.3, -0.25) is 14.2 Å². The van der Waals surface area contributed by atoms with Crippen LogP contribution in [0.3, 0.4) is 0 Å². The highest BCUT2D eigenvalue weighted by Gasteiger charge is 2.27. The van der Waals surface area contributed by atoms with E-state index in [-0.39, 0.29) is 24.9 Å². The Bertz CT molecular complexity index is 1340. The summed E-state index contributed by atoms with van der Waals surface area (Å²) in [6, 6.07) is -0.897. The molecule has 0 aliphatic rings. The Morgan fingerprint density at radius 3 is 1.54 bits per heavy atom. The molecule has 9 nitrogen and oxygen atoms in total. The second kappa shape index (κ2) is 47.4. The average molecular weight is 961 g/mol. The molecular formula is C57H105N2O7P. The van der Waals surface area contributed by atoms with E-state index in [0.717, 1.165) is 116 Å². The monoisotopic (exact) mass is 961 g/mol. The third-order valence-electron chi connectivity index (χ3n) is 12.0. The first kappa shape index (κ1) is 64.7. The van der Waals surface area contributed by atoms with Crippen molar-refractivity contribution >= 4 is 19.7 Å². The molecule has 390 valence electrons. The second-order valence-corrected chi connectivity index (χ2v) is 21.1. The first-order valence-electron chi connectivity index (χ1n) is 27.6. The number of phosphoric acid groups is 1. The van der Waals surface area contributed by atoms with Gasteiger partial charge >= 0.3 is 5.97 Å². The molecule has 0 aromatic rings. The third kappa shape index (κ3) is 48.5. The largest absolute Gasteiger partial charge is 0.756 e. The normalized spacial score (nSPS) is 14.3. The number of likely N-dealkylation sites (N-methyl/N-ethyl adjacent to an activating group) is 1. The highest BCUT2D eigenvalue weighted by molar-refractivity contribution is 7.45. The van der Waals surface area contributed by atoms with Crippen molar-refractivity contribution < 1.29 is 37.3 Å². The number of unbranched alkanes of at least 4 members (excludes halogenated alkanes) is 26. The molecule has 0 saturated carbocycles. The SMILES string of the molecule is CC/C=C/C/C=C/CCCCCCCCCC(=O)OC(/C=C/CCCCCCCCCCCC)C(COP(=O)([O-])OCC[N+](C)(C)C)NC(=O)CCCCCCCC/C=C/C=C/CCCCC. The molecule has 0 aromatic heterocycles. The molecule has 0 fully saturated rings. The lowest BCUT2D eigenvalue weighted by Gasteiger charge is -2.30. The lowest BCUT2D eigenvalue weighted by Crippen LogP contribution is -2.47. The maximum absolute atomic E-state index is 13.4. The fourth-order valence-corrected chi connectivity index (χ4v) is 8.39. The van der Waals surface area contributed by atoms with Crippen LogP contribution in [0, 0.1) is 0 Å². The lowest BCUT2D eigenvalue weighted by molar-refractivity contribution is -0.870. The molecule has 1 amide bonds. The van der Waals surface area contributed by atoms with Crippen molar-refractivity contribution in [1.29, 1.82) is 0 Å². The molecule has 0 aromatic carbocycles. The van der Waals surface area contributed by atoms with Gasteiger partial charge in [0.15, 0.2) is 0 Å². The van der Waals surface area contributed by atoms with Crippen LogP contribution in [0.15, 0.2) is 60.8 Å². The van der Waals surface area contributed by atoms with Crippen LogP contribution in [0.2, 0.25) is 0 Å². The Morgan fingerprint density at radius 2 is 1.00 bits per heavy atom. The molecular weight excluding hydrogens is 856 g/mol. The van der Waals surface area contributed by atoms with E-state index in [0.29, 0.717) is 17.4 Å². The Balaban J connectivity index is 5.42. The van der Waals surface area contributed by atoms with E-state index in [2.05, 4.69) is 74.7 Å². The summed E-state index contributed by atoms with van der Waals surface area (Å²) >= 11 is 0. The quantitative estimate of drug-likeness (QED) is 0.0161. The maximum atomic E-state index is 13.4. The van der Waals surface area contributed by atoms with Crippen molar-refractivity contribution in [1.82, 2.24) is 5.32 Å². The number of phosphoric ester groups is 1. The van der Waals surface area contributed by atoms with Gasteiger partial charge < -0.3 is 28.5 Å². The number of quaternary nitrogens is 1. The minimum Gasteiger partial charge on any atom is -0.756 e. The van der Waals surface area contributed by atoms with Crippen LogP contribution >= 0.6 is 7.82 Å². The van der Waals surface area contributed by atoms with Crippen molar-refractivity contribution in [2.75, 3.05) is 40.9 Å². The number of esters is 1. The standard InChI is InChI=1S/C57H105N2O7P/c1-7-10-13-16-19-22-25-28-30-31-34-37-40-43-46-49-56(60)58-54(53-65-67(62,63)64-52-51-59(4,5)6)55(48-45-42-39-36-33-27-24-21-18-15-12-9-3)66-57(61)50-47-44-41-38-35-32-29-26-23-20-17-14-11-8-2/h11,14,19-20,22-23,25,28,45,48,54-55H,7-10,12-13,15-18,21,24,26-27,29-44,46-47,49-53H2,1-6H3,(H-,58,60,62,63)/b14-11+,22-19+,23-20+,28-25+,48-45+. The van der Waals surface area contributed by atoms with Crippen molar-refractivity contribution in [3.05, 3.63) is 60.8 Å². The van der Waals surface area contributed by atoms with Crippen LogP contribution in [0.25, 0.3) is 0 Å². The molecule has 0 aliphatic heterocycles. The van der Waals surface area contributed by atoms with Crippen molar-refractivity contribution in [2.45, 2.75) is 251 Å². The Labute approximate surface area is 413 Å². The Hall–Kier alpha value is -2.29. The summed E-state index contributed by atoms with van der Waals surface area (Å²) in [7, 11) is 1.17. The molecule has 0 saturated heterocycles. The van der Waals surface area contributed by atoms with E-state index >= 15 is 0 Å². The minimum atomic E-state index is -4.70. The van der Waals surface area contributed by atoms with Gasteiger partial charge in [-0.25, -0.2) is 0 Å². The van der Waals surface area contributed by atoms with Gasteiger partial charge in [0.2, 0.25) is 5.91 Å². The van der Waals surface area contributed by atoms with E-state index in [1.54, 1.807) is 0 Å². The summed E-state index contributed by atoms with van der Waals surface area (Å²) in [6.07, 6.45) is 57.5. The van der Waals surface area contributed by atoms with E-state index in [4.69, 9.17) is 13.8 Å². The lowest BCUT2D eigenvalue weighted by atomic mass is 10.0. The van der Waals surface area contributed by atoms with Crippen molar-refractivity contribution in [2.24, 2.45) is 0 Å². The summed E-state index contributed by atoms with van der Waals surface area (Å²) in [5.74, 6) is -0.565. The maximum Gasteiger partial charge on any atom is 0.306 e. The number of carbonyl (C=O) groups is 2. The third-order valence-corrected chi connectivity index (χ3v) is 12.9. The average Bonchev–Trinajstić information content (AvgIpc) is 3.28. The zero-order valence-corrected chi connectivity index (χ0v) is 45.2. The Morgan fingerprint density at radius 1 is 0.552 bits per heavy atom. The number of hydrogen-bond donors (Lipinski definition) is 1. The summed E-state index contributed by atoms with van der Waals surface area (Å²) in [4.78, 5) is 39.8. The number of carbonyl (C=O) groups excluding carboxylic acids is 2. The fraction of sp³-hybridized carbons (Fsp3) is 0.789. The summed E-state index contributed by atoms with van der Waals surface area (Å²) < 4.78 is 30.2. The topological polar surface area (TPSA) is 114 Å². The molecule has 0 bridgehead atoms. The van der Waals surface area contributed by atoms with Gasteiger partial charge in [0.25, 0.3) is 7.82 Å². The van der Waals surface area contributed by atoms with Gasteiger partial charge in [0.1, 0.15) is 19.3 Å². The summed E-state index contributed by atoms with van der Waals surface area (Å²) in [5.41, 5.74) is 0. The predicted molar refractivity (Wildman–Crippen MR) is 284 cm³/mol. The number of ether oxygens (including phenoxy) is 1. The van der Waals surface area contributed by atoms with E-state index in [1.165, 1.54) is 89.9 Å². The van der Waals surface area contributed by atoms with Crippen LogP contribution in [-0.2, 0) is 27.9 Å². The highest BCUT2D eigenvalue weighted by atomic mass is 31.2. The number of nitrogens with one attached hydrogen (secondary N) is 1. The molecule has 0 aliphatic carbocycles. The van der Waals surface area contributed by atoms with Gasteiger partial charge in [-0.2, -0.15) is 0 Å². The van der Waals surface area contributed by atoms with Gasteiger partial charge in [0.05, 0.1) is 33.8 Å². The minimum absolute atomic E-state index is 0.0275. The van der Waals surface area contributed by atoms with Crippen molar-refractivity contribution in [3.8, 4) is 0 Å². The van der Waals surface area contributed by atoms with E-state index in [1.807, 2.05) is 33.3 Å². The Kier molecular flexibility index (Phi) is 45.8. The molecule has 0 radical (unpaired) electrons. The molecule has 0 rings (SSSR count). The molecule has 67 heavy (non-hydrogen) atoms. The highest BCUT2D eigenvalue weighted by Crippen LogP contribution is 2.38. The zero-order valence-electron chi connectivity index (χ0n) is 44.3. The summed E-state index contributed by atoms with van der Waals surface area (Å²) in [6.45, 7) is 6.68. The first-order chi connectivity index (χ1) is 32.4. The molecule has 0 spiro atoms. The van der Waals surface area contributed by atoms with E-state index in [9.17, 15) is 19.0 Å². The van der Waals surface area contributed by atoms with Crippen LogP contribution in [0.1, 0.15) is 239 Å². The number of allylic oxidation sites excluding steroid dienone is 9. The molecule has 3 unspecified atom stereocenters. The molecule has 10 heteroatoms. The van der Waals surface area contributed by atoms with Crippen LogP contribution < -0.4 is 10.2 Å². The number of amides is 1. The van der Waals surface area contributed by atoms with Crippen molar-refractivity contribution in [3.63, 3.8) is 0 Å². The van der Waals surface area contributed by atoms with Gasteiger partial charge in [0, 0.05) is 12.8 Å². The van der Waals surface area contributed by atoms with Gasteiger partial charge in [-0.1, -0.05) is 204 Å². The fourth-order valence-electron chi connectivity index (χ4n) is 7.67. The number of hydrogen-bond acceptors (Lipinski definition) is 7. The van der Waals surface area contributed by atoms with Crippen LogP contribution in [0.5, 0.6) is 0 Å². The van der Waals surface area contributed by atoms with Gasteiger partial charge in [-0.05, 0) is 83.1 Å². The zero-order chi connectivity index (χ0) is 49.4. The summed E-state index contributed by atoms with van der Waals surface area (Å²) in [5, 5.41) is 3.01.